The molecule has 6 heteroatoms. The molecule has 0 fully saturated rings. The smallest absolute Gasteiger partial charge is 0.222 e. The average Bonchev–Trinajstić information content (AvgIpc) is 2.48. The van der Waals surface area contributed by atoms with Crippen molar-refractivity contribution in [1.29, 1.82) is 0 Å². The third kappa shape index (κ3) is 4.97. The van der Waals surface area contributed by atoms with Crippen molar-refractivity contribution in [3.8, 4) is 0 Å². The summed E-state index contributed by atoms with van der Waals surface area (Å²) in [5.74, 6) is 0.545. The number of hydrogen-bond donors (Lipinski definition) is 3. The van der Waals surface area contributed by atoms with Gasteiger partial charge in [0.2, 0.25) is 5.91 Å². The van der Waals surface area contributed by atoms with Crippen LogP contribution >= 0.6 is 11.5 Å². The second-order valence-corrected chi connectivity index (χ2v) is 5.40. The van der Waals surface area contributed by atoms with E-state index in [1.54, 1.807) is 6.07 Å². The molecule has 0 aliphatic rings. The Bertz CT molecular complexity index is 356. The van der Waals surface area contributed by atoms with Gasteiger partial charge in [-0.2, -0.15) is 4.37 Å². The van der Waals surface area contributed by atoms with Crippen molar-refractivity contribution >= 4 is 28.3 Å². The van der Waals surface area contributed by atoms with Gasteiger partial charge in [0.05, 0.1) is 0 Å². The lowest BCUT2D eigenvalue weighted by atomic mass is 10.1. The number of nitrogen functional groups attached to an aromatic ring is 1. The summed E-state index contributed by atoms with van der Waals surface area (Å²) in [7, 11) is 0. The van der Waals surface area contributed by atoms with Gasteiger partial charge in [0.25, 0.3) is 0 Å². The number of amides is 1. The van der Waals surface area contributed by atoms with Crippen LogP contribution in [0.5, 0.6) is 0 Å². The first-order chi connectivity index (χ1) is 7.37. The number of anilines is 2. The molecule has 4 N–H and O–H groups in total. The van der Waals surface area contributed by atoms with Gasteiger partial charge in [-0.05, 0) is 32.3 Å². The van der Waals surface area contributed by atoms with Gasteiger partial charge in [-0.1, -0.05) is 0 Å². The van der Waals surface area contributed by atoms with E-state index in [4.69, 9.17) is 5.73 Å². The number of rotatable bonds is 4. The molecule has 0 spiro atoms. The molecule has 1 amide bonds. The molecule has 0 bridgehead atoms. The maximum atomic E-state index is 11.5. The summed E-state index contributed by atoms with van der Waals surface area (Å²) >= 11 is 1.30. The molecule has 1 aromatic rings. The normalized spacial score (nSPS) is 11.2. The topological polar surface area (TPSA) is 80.0 Å². The zero-order valence-corrected chi connectivity index (χ0v) is 10.6. The minimum atomic E-state index is -0.175. The number of hydrogen-bond acceptors (Lipinski definition) is 5. The van der Waals surface area contributed by atoms with Crippen LogP contribution in [-0.4, -0.2) is 22.4 Å². The highest BCUT2D eigenvalue weighted by atomic mass is 32.1. The molecule has 5 nitrogen and oxygen atoms in total. The third-order valence-electron chi connectivity index (χ3n) is 1.69. The molecule has 90 valence electrons. The second kappa shape index (κ2) is 5.16. The molecule has 0 saturated carbocycles. The molecule has 0 radical (unpaired) electrons. The van der Waals surface area contributed by atoms with Gasteiger partial charge in [-0.3, -0.25) is 4.79 Å². The van der Waals surface area contributed by atoms with Gasteiger partial charge < -0.3 is 16.4 Å². The summed E-state index contributed by atoms with van der Waals surface area (Å²) in [5.41, 5.74) is 5.30. The first-order valence-corrected chi connectivity index (χ1v) is 5.91. The minimum absolute atomic E-state index is 0.0393. The van der Waals surface area contributed by atoms with Crippen molar-refractivity contribution in [1.82, 2.24) is 9.69 Å². The Morgan fingerprint density at radius 1 is 1.56 bits per heavy atom. The van der Waals surface area contributed by atoms with Gasteiger partial charge in [0.15, 0.2) is 0 Å². The maximum absolute atomic E-state index is 11.5. The summed E-state index contributed by atoms with van der Waals surface area (Å²) in [6.07, 6.45) is 0.440. The van der Waals surface area contributed by atoms with Gasteiger partial charge in [-0.25, -0.2) is 0 Å². The van der Waals surface area contributed by atoms with E-state index in [0.717, 1.165) is 5.00 Å². The Balaban J connectivity index is 2.23. The van der Waals surface area contributed by atoms with Crippen molar-refractivity contribution in [2.45, 2.75) is 32.7 Å². The molecule has 1 aromatic heterocycles. The van der Waals surface area contributed by atoms with Crippen LogP contribution in [0.4, 0.5) is 10.8 Å². The number of carbonyl (C=O) groups excluding carboxylic acids is 1. The lowest BCUT2D eigenvalue weighted by Gasteiger charge is -2.20. The molecule has 1 heterocycles. The number of carbonyl (C=O) groups is 1. The Kier molecular flexibility index (Phi) is 4.12. The summed E-state index contributed by atoms with van der Waals surface area (Å²) in [5, 5.41) is 6.88. The van der Waals surface area contributed by atoms with E-state index in [2.05, 4.69) is 15.0 Å². The van der Waals surface area contributed by atoms with Crippen LogP contribution in [-0.2, 0) is 4.79 Å². The predicted octanol–water partition coefficient (Wildman–Crippen LogP) is 1.44. The number of nitrogens with two attached hydrogens (primary N) is 1. The molecule has 0 unspecified atom stereocenters. The first-order valence-electron chi connectivity index (χ1n) is 5.14. The Morgan fingerprint density at radius 3 is 2.75 bits per heavy atom. The van der Waals surface area contributed by atoms with E-state index in [0.29, 0.717) is 18.8 Å². The van der Waals surface area contributed by atoms with E-state index in [-0.39, 0.29) is 11.4 Å². The van der Waals surface area contributed by atoms with Crippen LogP contribution in [0.1, 0.15) is 27.2 Å². The van der Waals surface area contributed by atoms with Gasteiger partial charge >= 0.3 is 0 Å². The fourth-order valence-corrected chi connectivity index (χ4v) is 1.75. The quantitative estimate of drug-likeness (QED) is 0.746. The molecular weight excluding hydrogens is 224 g/mol. The van der Waals surface area contributed by atoms with Gasteiger partial charge in [-0.15, -0.1) is 0 Å². The van der Waals surface area contributed by atoms with E-state index < -0.39 is 0 Å². The van der Waals surface area contributed by atoms with Crippen molar-refractivity contribution in [3.63, 3.8) is 0 Å². The van der Waals surface area contributed by atoms with E-state index in [9.17, 15) is 4.79 Å². The van der Waals surface area contributed by atoms with Gasteiger partial charge in [0.1, 0.15) is 10.8 Å². The van der Waals surface area contributed by atoms with Crippen molar-refractivity contribution in [2.24, 2.45) is 0 Å². The Morgan fingerprint density at radius 2 is 2.25 bits per heavy atom. The number of nitrogens with one attached hydrogen (secondary N) is 2. The van der Waals surface area contributed by atoms with Crippen LogP contribution in [0.25, 0.3) is 0 Å². The molecule has 1 rings (SSSR count). The highest BCUT2D eigenvalue weighted by Crippen LogP contribution is 2.16. The van der Waals surface area contributed by atoms with Gasteiger partial charge in [0, 0.05) is 24.6 Å². The van der Waals surface area contributed by atoms with Crippen LogP contribution in [0.2, 0.25) is 0 Å². The van der Waals surface area contributed by atoms with E-state index >= 15 is 0 Å². The van der Waals surface area contributed by atoms with Crippen LogP contribution in [0.15, 0.2) is 6.07 Å². The molecule has 0 atom stereocenters. The second-order valence-electron chi connectivity index (χ2n) is 4.59. The molecule has 0 aliphatic carbocycles. The lowest BCUT2D eigenvalue weighted by Crippen LogP contribution is -2.41. The SMILES string of the molecule is CC(C)(C)NC(=O)CCNc1cc(N)ns1. The summed E-state index contributed by atoms with van der Waals surface area (Å²) in [4.78, 5) is 11.5. The molecular formula is C10H18N4OS. The summed E-state index contributed by atoms with van der Waals surface area (Å²) in [6, 6.07) is 1.76. The standard InChI is InChI=1S/C10H18N4OS/c1-10(2,3)13-8(15)4-5-12-9-6-7(11)14-16-9/h6,12H,4-5H2,1-3H3,(H2,11,14)(H,13,15). The molecule has 16 heavy (non-hydrogen) atoms. The first kappa shape index (κ1) is 12.8. The van der Waals surface area contributed by atoms with E-state index in [1.165, 1.54) is 11.5 Å². The molecule has 0 saturated heterocycles. The Hall–Kier alpha value is -1.30. The van der Waals surface area contributed by atoms with Crippen molar-refractivity contribution in [2.75, 3.05) is 17.6 Å². The highest BCUT2D eigenvalue weighted by Gasteiger charge is 2.12. The van der Waals surface area contributed by atoms with Crippen LogP contribution in [0.3, 0.4) is 0 Å². The lowest BCUT2D eigenvalue weighted by molar-refractivity contribution is -0.122. The number of aromatic nitrogens is 1. The van der Waals surface area contributed by atoms with Crippen LogP contribution < -0.4 is 16.4 Å². The minimum Gasteiger partial charge on any atom is -0.383 e. The average molecular weight is 242 g/mol. The molecule has 0 aliphatic heterocycles. The summed E-state index contributed by atoms with van der Waals surface area (Å²) in [6.45, 7) is 6.47. The maximum Gasteiger partial charge on any atom is 0.222 e. The van der Waals surface area contributed by atoms with Crippen molar-refractivity contribution < 1.29 is 4.79 Å². The summed E-state index contributed by atoms with van der Waals surface area (Å²) < 4.78 is 3.93. The van der Waals surface area contributed by atoms with Crippen LogP contribution in [0, 0.1) is 0 Å². The Labute approximate surface area is 99.6 Å². The zero-order valence-electron chi connectivity index (χ0n) is 9.83. The van der Waals surface area contributed by atoms with Crippen molar-refractivity contribution in [3.05, 3.63) is 6.07 Å². The highest BCUT2D eigenvalue weighted by molar-refractivity contribution is 7.10. The zero-order chi connectivity index (χ0) is 12.2. The monoisotopic (exact) mass is 242 g/mol. The predicted molar refractivity (Wildman–Crippen MR) is 67.5 cm³/mol. The van der Waals surface area contributed by atoms with E-state index in [1.807, 2.05) is 20.8 Å². The fourth-order valence-electron chi connectivity index (χ4n) is 1.15. The fraction of sp³-hybridized carbons (Fsp3) is 0.600. The third-order valence-corrected chi connectivity index (χ3v) is 2.46. The molecule has 0 aromatic carbocycles. The number of nitrogens with zero attached hydrogens (tertiary/aromatic N) is 1. The largest absolute Gasteiger partial charge is 0.383 e.